The summed E-state index contributed by atoms with van der Waals surface area (Å²) in [6.07, 6.45) is 1.43. The first kappa shape index (κ1) is 25.2. The maximum absolute atomic E-state index is 14.5. The Bertz CT molecular complexity index is 1510. The van der Waals surface area contributed by atoms with Crippen molar-refractivity contribution < 1.29 is 21.6 Å². The van der Waals surface area contributed by atoms with Crippen LogP contribution in [0.4, 0.5) is 18.9 Å². The first-order valence-electron chi connectivity index (χ1n) is 11.4. The van der Waals surface area contributed by atoms with Gasteiger partial charge in [-0.05, 0) is 54.1 Å². The summed E-state index contributed by atoms with van der Waals surface area (Å²) in [6.45, 7) is 1.86. The Balaban J connectivity index is 1.92. The van der Waals surface area contributed by atoms with Gasteiger partial charge in [-0.15, -0.1) is 0 Å². The highest BCUT2D eigenvalue weighted by molar-refractivity contribution is 8.09. The third kappa shape index (κ3) is 4.55. The lowest BCUT2D eigenvalue weighted by Gasteiger charge is -2.47. The zero-order valence-corrected chi connectivity index (χ0v) is 21.3. The van der Waals surface area contributed by atoms with Gasteiger partial charge < -0.3 is 0 Å². The van der Waals surface area contributed by atoms with Gasteiger partial charge in [0.15, 0.2) is 0 Å². The van der Waals surface area contributed by atoms with Gasteiger partial charge in [0, 0.05) is 10.5 Å². The van der Waals surface area contributed by atoms with E-state index in [1.165, 1.54) is 28.6 Å². The van der Waals surface area contributed by atoms with E-state index in [-0.39, 0.29) is 32.8 Å². The summed E-state index contributed by atoms with van der Waals surface area (Å²) in [4.78, 5) is -0.0179. The molecule has 0 spiro atoms. The molecule has 4 aromatic rings. The summed E-state index contributed by atoms with van der Waals surface area (Å²) < 4.78 is 71.7. The molecule has 1 heterocycles. The molecule has 1 aliphatic rings. The minimum Gasteiger partial charge on any atom is -0.247 e. The molecular formula is C29H22F3NO2S2. The van der Waals surface area contributed by atoms with Gasteiger partial charge in [-0.25, -0.2) is 12.7 Å². The number of hydrogen-bond donors (Lipinski definition) is 0. The number of hydrogen-bond acceptors (Lipinski definition) is 3. The van der Waals surface area contributed by atoms with Crippen molar-refractivity contribution in [3.63, 3.8) is 0 Å². The maximum atomic E-state index is 14.5. The first-order valence-corrected chi connectivity index (χ1v) is 13.7. The Morgan fingerprint density at radius 1 is 0.730 bits per heavy atom. The summed E-state index contributed by atoms with van der Waals surface area (Å²) in [5.74, 6) is 0. The van der Waals surface area contributed by atoms with Crippen LogP contribution in [0.25, 0.3) is 4.91 Å². The van der Waals surface area contributed by atoms with Crippen LogP contribution in [0.15, 0.2) is 120 Å². The molecule has 188 valence electrons. The molecule has 0 atom stereocenters. The van der Waals surface area contributed by atoms with E-state index < -0.39 is 21.1 Å². The topological polar surface area (TPSA) is 37.4 Å². The van der Waals surface area contributed by atoms with Crippen LogP contribution in [0, 0.1) is 6.92 Å². The number of halogens is 3. The predicted octanol–water partition coefficient (Wildman–Crippen LogP) is 7.74. The third-order valence-electron chi connectivity index (χ3n) is 6.26. The number of rotatable bonds is 5. The molecule has 0 saturated heterocycles. The van der Waals surface area contributed by atoms with Crippen molar-refractivity contribution in [3.05, 3.63) is 138 Å². The number of aryl methyl sites for hydroxylation is 1. The van der Waals surface area contributed by atoms with Crippen LogP contribution < -0.4 is 4.31 Å². The Hall–Kier alpha value is -3.49. The second-order valence-electron chi connectivity index (χ2n) is 8.65. The van der Waals surface area contributed by atoms with Gasteiger partial charge in [0.2, 0.25) is 0 Å². The van der Waals surface area contributed by atoms with E-state index in [1.54, 1.807) is 91.0 Å². The fraction of sp³-hybridized carbons (Fsp3) is 0.103. The smallest absolute Gasteiger partial charge is 0.247 e. The predicted molar refractivity (Wildman–Crippen MR) is 143 cm³/mol. The average Bonchev–Trinajstić information content (AvgIpc) is 2.88. The molecule has 1 aliphatic heterocycles. The van der Waals surface area contributed by atoms with Crippen molar-refractivity contribution >= 4 is 32.4 Å². The summed E-state index contributed by atoms with van der Waals surface area (Å²) in [5, 5.41) is 0. The molecule has 4 aromatic carbocycles. The van der Waals surface area contributed by atoms with E-state index in [4.69, 9.17) is 0 Å². The lowest BCUT2D eigenvalue weighted by molar-refractivity contribution is -0.0317. The van der Waals surface area contributed by atoms with Gasteiger partial charge in [-0.2, -0.15) is 13.2 Å². The van der Waals surface area contributed by atoms with Crippen molar-refractivity contribution in [1.29, 1.82) is 0 Å². The zero-order valence-electron chi connectivity index (χ0n) is 19.7. The molecule has 8 heteroatoms. The van der Waals surface area contributed by atoms with Crippen molar-refractivity contribution in [1.82, 2.24) is 0 Å². The quantitative estimate of drug-likeness (QED) is 0.261. The second kappa shape index (κ2) is 9.43. The maximum Gasteiger partial charge on any atom is 0.446 e. The van der Waals surface area contributed by atoms with Crippen molar-refractivity contribution in [3.8, 4) is 0 Å². The number of benzene rings is 4. The molecule has 0 aromatic heterocycles. The highest BCUT2D eigenvalue weighted by atomic mass is 32.2. The lowest BCUT2D eigenvalue weighted by Crippen LogP contribution is -2.51. The molecule has 37 heavy (non-hydrogen) atoms. The molecule has 0 bridgehead atoms. The summed E-state index contributed by atoms with van der Waals surface area (Å²) in [5.41, 5.74) is -3.87. The monoisotopic (exact) mass is 537 g/mol. The van der Waals surface area contributed by atoms with Crippen LogP contribution in [0.1, 0.15) is 22.3 Å². The van der Waals surface area contributed by atoms with Crippen molar-refractivity contribution in [2.45, 2.75) is 22.9 Å². The molecule has 0 saturated carbocycles. The lowest BCUT2D eigenvalue weighted by atomic mass is 9.79. The van der Waals surface area contributed by atoms with E-state index in [2.05, 4.69) is 0 Å². The largest absolute Gasteiger partial charge is 0.446 e. The molecular weight excluding hydrogens is 515 g/mol. The summed E-state index contributed by atoms with van der Waals surface area (Å²) in [6, 6.07) is 30.3. The van der Waals surface area contributed by atoms with Crippen LogP contribution in [-0.4, -0.2) is 13.9 Å². The average molecular weight is 538 g/mol. The van der Waals surface area contributed by atoms with Crippen molar-refractivity contribution in [2.24, 2.45) is 0 Å². The Labute approximate surface area is 218 Å². The molecule has 0 radical (unpaired) electrons. The molecule has 0 aliphatic carbocycles. The Morgan fingerprint density at radius 3 is 1.78 bits per heavy atom. The highest BCUT2D eigenvalue weighted by Crippen LogP contribution is 2.55. The number of alkyl halides is 3. The number of thioether (sulfide) groups is 1. The van der Waals surface area contributed by atoms with Gasteiger partial charge in [0.25, 0.3) is 10.0 Å². The molecule has 0 amide bonds. The second-order valence-corrected chi connectivity index (χ2v) is 11.5. The van der Waals surface area contributed by atoms with Gasteiger partial charge in [-0.3, -0.25) is 0 Å². The van der Waals surface area contributed by atoms with Crippen LogP contribution in [0.3, 0.4) is 0 Å². The molecule has 0 N–H and O–H groups in total. The fourth-order valence-corrected chi connectivity index (χ4v) is 7.18. The summed E-state index contributed by atoms with van der Waals surface area (Å²) in [7, 11) is -4.26. The minimum atomic E-state index is -4.57. The Kier molecular flexibility index (Phi) is 6.41. The van der Waals surface area contributed by atoms with Crippen molar-refractivity contribution in [2.75, 3.05) is 4.31 Å². The first-order chi connectivity index (χ1) is 17.6. The van der Waals surface area contributed by atoms with E-state index in [0.29, 0.717) is 11.1 Å². The molecule has 3 nitrogen and oxygen atoms in total. The molecule has 0 unspecified atom stereocenters. The van der Waals surface area contributed by atoms with Crippen LogP contribution in [0.2, 0.25) is 0 Å². The SMILES string of the molecule is Cc1ccc(S(=O)(=O)N2c3ccccc3C(SC(F)(F)F)=CC2(c2ccccc2)c2ccccc2)cc1. The van der Waals surface area contributed by atoms with Crippen LogP contribution >= 0.6 is 11.8 Å². The molecule has 0 fully saturated rings. The number of para-hydroxylation sites is 1. The van der Waals surface area contributed by atoms with E-state index >= 15 is 0 Å². The van der Waals surface area contributed by atoms with Gasteiger partial charge in [-0.1, -0.05) is 96.6 Å². The number of nitrogens with zero attached hydrogens (tertiary/aromatic N) is 1. The standard InChI is InChI=1S/C29H22F3NO2S2/c1-21-16-18-24(19-17-21)37(34,35)33-26-15-9-8-14-25(26)27(36-29(30,31)32)20-28(33,22-10-4-2-5-11-22)23-12-6-3-7-13-23/h2-20H,1H3. The number of fused-ring (bicyclic) bond motifs is 1. The van der Waals surface area contributed by atoms with E-state index in [0.717, 1.165) is 5.56 Å². The number of anilines is 1. The van der Waals surface area contributed by atoms with Crippen LogP contribution in [-0.2, 0) is 15.6 Å². The van der Waals surface area contributed by atoms with Gasteiger partial charge >= 0.3 is 5.51 Å². The Morgan fingerprint density at radius 2 is 1.24 bits per heavy atom. The van der Waals surface area contributed by atoms with E-state index in [1.807, 2.05) is 6.92 Å². The van der Waals surface area contributed by atoms with E-state index in [9.17, 15) is 21.6 Å². The number of sulfonamides is 1. The molecule has 5 rings (SSSR count). The normalized spacial score (nSPS) is 15.1. The van der Waals surface area contributed by atoms with Crippen LogP contribution in [0.5, 0.6) is 0 Å². The van der Waals surface area contributed by atoms with Gasteiger partial charge in [0.05, 0.1) is 10.6 Å². The van der Waals surface area contributed by atoms with Gasteiger partial charge in [0.1, 0.15) is 5.54 Å². The summed E-state index contributed by atoms with van der Waals surface area (Å²) >= 11 is -0.238. The third-order valence-corrected chi connectivity index (χ3v) is 8.88. The fourth-order valence-electron chi connectivity index (χ4n) is 4.67. The highest BCUT2D eigenvalue weighted by Gasteiger charge is 2.50. The minimum absolute atomic E-state index is 0.0458. The zero-order chi connectivity index (χ0) is 26.3.